The summed E-state index contributed by atoms with van der Waals surface area (Å²) in [5.74, 6) is 0.886. The zero-order valence-electron chi connectivity index (χ0n) is 10.8. The number of rotatable bonds is 5. The highest BCUT2D eigenvalue weighted by atomic mass is 16.5. The Labute approximate surface area is 108 Å². The van der Waals surface area contributed by atoms with Gasteiger partial charge in [0.1, 0.15) is 5.75 Å². The Kier molecular flexibility index (Phi) is 4.59. The summed E-state index contributed by atoms with van der Waals surface area (Å²) >= 11 is 0. The van der Waals surface area contributed by atoms with Crippen molar-refractivity contribution in [1.29, 1.82) is 0 Å². The van der Waals surface area contributed by atoms with Crippen molar-refractivity contribution >= 4 is 5.91 Å². The van der Waals surface area contributed by atoms with Crippen molar-refractivity contribution < 1.29 is 9.53 Å². The fraction of sp³-hybridized carbons (Fsp3) is 0.500. The third-order valence-corrected chi connectivity index (χ3v) is 3.10. The van der Waals surface area contributed by atoms with Crippen molar-refractivity contribution in [3.63, 3.8) is 0 Å². The number of nitrogens with zero attached hydrogens (tertiary/aromatic N) is 1. The Morgan fingerprint density at radius 2 is 2.22 bits per heavy atom. The number of carbonyl (C=O) groups excluding carboxylic acids is 1. The Bertz CT molecular complexity index is 381. The molecule has 1 heterocycles. The van der Waals surface area contributed by atoms with E-state index in [2.05, 4.69) is 17.3 Å². The molecule has 1 aliphatic heterocycles. The predicted molar refractivity (Wildman–Crippen MR) is 70.6 cm³/mol. The van der Waals surface area contributed by atoms with E-state index in [9.17, 15) is 4.79 Å². The second-order valence-electron chi connectivity index (χ2n) is 4.73. The highest BCUT2D eigenvalue weighted by Crippen LogP contribution is 2.09. The molecule has 1 unspecified atom stereocenters. The molecule has 1 aromatic carbocycles. The lowest BCUT2D eigenvalue weighted by atomic mass is 10.2. The van der Waals surface area contributed by atoms with Crippen LogP contribution in [0.1, 0.15) is 12.8 Å². The van der Waals surface area contributed by atoms with Gasteiger partial charge >= 0.3 is 0 Å². The minimum atomic E-state index is 0.0752. The SMILES string of the molecule is CN1CCC(NC(=O)CCOc2ccccc2)C1. The van der Waals surface area contributed by atoms with Crippen LogP contribution in [0.5, 0.6) is 5.75 Å². The summed E-state index contributed by atoms with van der Waals surface area (Å²) in [6, 6.07) is 9.87. The first-order valence-corrected chi connectivity index (χ1v) is 6.40. The summed E-state index contributed by atoms with van der Waals surface area (Å²) in [5, 5.41) is 3.03. The van der Waals surface area contributed by atoms with Crippen LogP contribution >= 0.6 is 0 Å². The molecule has 1 saturated heterocycles. The normalized spacial score (nSPS) is 19.7. The quantitative estimate of drug-likeness (QED) is 0.853. The van der Waals surface area contributed by atoms with Gasteiger partial charge in [-0.05, 0) is 32.1 Å². The zero-order chi connectivity index (χ0) is 12.8. The number of para-hydroxylation sites is 1. The highest BCUT2D eigenvalue weighted by molar-refractivity contribution is 5.76. The number of nitrogens with one attached hydrogen (secondary N) is 1. The first-order chi connectivity index (χ1) is 8.74. The molecule has 4 heteroatoms. The van der Waals surface area contributed by atoms with Gasteiger partial charge in [-0.15, -0.1) is 0 Å². The largest absolute Gasteiger partial charge is 0.493 e. The molecular weight excluding hydrogens is 228 g/mol. The van der Waals surface area contributed by atoms with Gasteiger partial charge in [-0.2, -0.15) is 0 Å². The lowest BCUT2D eigenvalue weighted by Gasteiger charge is -2.13. The number of benzene rings is 1. The van der Waals surface area contributed by atoms with E-state index in [-0.39, 0.29) is 5.91 Å². The zero-order valence-corrected chi connectivity index (χ0v) is 10.8. The van der Waals surface area contributed by atoms with Gasteiger partial charge in [0.2, 0.25) is 5.91 Å². The molecule has 0 aromatic heterocycles. The van der Waals surface area contributed by atoms with E-state index in [4.69, 9.17) is 4.74 Å². The van der Waals surface area contributed by atoms with Crippen LogP contribution in [0.2, 0.25) is 0 Å². The molecule has 0 spiro atoms. The monoisotopic (exact) mass is 248 g/mol. The summed E-state index contributed by atoms with van der Waals surface area (Å²) < 4.78 is 5.49. The van der Waals surface area contributed by atoms with Crippen molar-refractivity contribution in [2.75, 3.05) is 26.7 Å². The van der Waals surface area contributed by atoms with Gasteiger partial charge in [0.25, 0.3) is 0 Å². The van der Waals surface area contributed by atoms with Gasteiger partial charge in [-0.25, -0.2) is 0 Å². The molecule has 18 heavy (non-hydrogen) atoms. The van der Waals surface area contributed by atoms with Gasteiger partial charge in [0.05, 0.1) is 13.0 Å². The second-order valence-corrected chi connectivity index (χ2v) is 4.73. The van der Waals surface area contributed by atoms with Crippen LogP contribution in [0, 0.1) is 0 Å². The first-order valence-electron chi connectivity index (χ1n) is 6.40. The van der Waals surface area contributed by atoms with Gasteiger partial charge < -0.3 is 15.0 Å². The third-order valence-electron chi connectivity index (χ3n) is 3.10. The van der Waals surface area contributed by atoms with E-state index < -0.39 is 0 Å². The van der Waals surface area contributed by atoms with Crippen LogP contribution in [-0.2, 0) is 4.79 Å². The van der Waals surface area contributed by atoms with Crippen molar-refractivity contribution in [2.24, 2.45) is 0 Å². The maximum atomic E-state index is 11.7. The smallest absolute Gasteiger partial charge is 0.223 e. The number of likely N-dealkylation sites (tertiary alicyclic amines) is 1. The molecule has 1 N–H and O–H groups in total. The molecule has 98 valence electrons. The van der Waals surface area contributed by atoms with Crippen LogP contribution in [0.3, 0.4) is 0 Å². The van der Waals surface area contributed by atoms with Crippen LogP contribution in [0.4, 0.5) is 0 Å². The number of likely N-dealkylation sites (N-methyl/N-ethyl adjacent to an activating group) is 1. The lowest BCUT2D eigenvalue weighted by molar-refractivity contribution is -0.122. The molecule has 1 aliphatic rings. The summed E-state index contributed by atoms with van der Waals surface area (Å²) in [6.07, 6.45) is 1.46. The fourth-order valence-electron chi connectivity index (χ4n) is 2.13. The van der Waals surface area contributed by atoms with Gasteiger partial charge in [0, 0.05) is 12.6 Å². The highest BCUT2D eigenvalue weighted by Gasteiger charge is 2.20. The first kappa shape index (κ1) is 12.9. The Balaban J connectivity index is 1.63. The number of hydrogen-bond acceptors (Lipinski definition) is 3. The molecule has 1 fully saturated rings. The van der Waals surface area contributed by atoms with E-state index in [0.29, 0.717) is 19.1 Å². The Hall–Kier alpha value is -1.55. The molecule has 1 amide bonds. The van der Waals surface area contributed by atoms with Gasteiger partial charge in [0.15, 0.2) is 0 Å². The summed E-state index contributed by atoms with van der Waals surface area (Å²) in [7, 11) is 2.07. The molecule has 4 nitrogen and oxygen atoms in total. The molecule has 0 radical (unpaired) electrons. The topological polar surface area (TPSA) is 41.6 Å². The van der Waals surface area contributed by atoms with E-state index in [0.717, 1.165) is 25.3 Å². The average Bonchev–Trinajstić information content (AvgIpc) is 2.76. The number of hydrogen-bond donors (Lipinski definition) is 1. The second kappa shape index (κ2) is 6.40. The average molecular weight is 248 g/mol. The van der Waals surface area contributed by atoms with Crippen LogP contribution in [0.15, 0.2) is 30.3 Å². The van der Waals surface area contributed by atoms with Crippen LogP contribution < -0.4 is 10.1 Å². The summed E-state index contributed by atoms with van der Waals surface area (Å²) in [5.41, 5.74) is 0. The minimum absolute atomic E-state index is 0.0752. The molecule has 1 atom stereocenters. The predicted octanol–water partition coefficient (Wildman–Crippen LogP) is 1.28. The minimum Gasteiger partial charge on any atom is -0.493 e. The van der Waals surface area contributed by atoms with Crippen molar-refractivity contribution in [3.8, 4) is 5.75 Å². The van der Waals surface area contributed by atoms with E-state index >= 15 is 0 Å². The van der Waals surface area contributed by atoms with Crippen molar-refractivity contribution in [1.82, 2.24) is 10.2 Å². The molecular formula is C14H20N2O2. The summed E-state index contributed by atoms with van der Waals surface area (Å²) in [4.78, 5) is 13.9. The maximum absolute atomic E-state index is 11.7. The Morgan fingerprint density at radius 3 is 2.89 bits per heavy atom. The molecule has 0 bridgehead atoms. The molecule has 2 rings (SSSR count). The van der Waals surface area contributed by atoms with Crippen molar-refractivity contribution in [2.45, 2.75) is 18.9 Å². The maximum Gasteiger partial charge on any atom is 0.223 e. The van der Waals surface area contributed by atoms with Gasteiger partial charge in [-0.1, -0.05) is 18.2 Å². The van der Waals surface area contributed by atoms with E-state index in [1.807, 2.05) is 30.3 Å². The molecule has 0 saturated carbocycles. The van der Waals surface area contributed by atoms with E-state index in [1.54, 1.807) is 0 Å². The van der Waals surface area contributed by atoms with E-state index in [1.165, 1.54) is 0 Å². The third kappa shape index (κ3) is 4.04. The van der Waals surface area contributed by atoms with Crippen LogP contribution in [-0.4, -0.2) is 43.6 Å². The number of amides is 1. The van der Waals surface area contributed by atoms with Gasteiger partial charge in [-0.3, -0.25) is 4.79 Å². The van der Waals surface area contributed by atoms with Crippen LogP contribution in [0.25, 0.3) is 0 Å². The Morgan fingerprint density at radius 1 is 1.44 bits per heavy atom. The lowest BCUT2D eigenvalue weighted by Crippen LogP contribution is -2.37. The number of ether oxygens (including phenoxy) is 1. The molecule has 1 aromatic rings. The number of carbonyl (C=O) groups is 1. The standard InChI is InChI=1S/C14H20N2O2/c1-16-9-7-12(11-16)15-14(17)8-10-18-13-5-3-2-4-6-13/h2-6,12H,7-11H2,1H3,(H,15,17). The fourth-order valence-corrected chi connectivity index (χ4v) is 2.13. The molecule has 0 aliphatic carbocycles. The van der Waals surface area contributed by atoms with Crippen molar-refractivity contribution in [3.05, 3.63) is 30.3 Å². The summed E-state index contributed by atoms with van der Waals surface area (Å²) in [6.45, 7) is 2.44.